The molecule has 0 fully saturated rings. The van der Waals surface area contributed by atoms with Crippen LogP contribution in [0.15, 0.2) is 60.3 Å². The molecule has 0 saturated carbocycles. The van der Waals surface area contributed by atoms with E-state index in [1.807, 2.05) is 31.2 Å². The van der Waals surface area contributed by atoms with Gasteiger partial charge in [0.2, 0.25) is 0 Å². The third kappa shape index (κ3) is 4.94. The number of anilines is 2. The number of ether oxygens (including phenoxy) is 1. The molecule has 0 heterocycles. The molecule has 0 aromatic heterocycles. The molecule has 1 amide bonds. The average Bonchev–Trinajstić information content (AvgIpc) is 2.62. The van der Waals surface area contributed by atoms with Gasteiger partial charge < -0.3 is 15.4 Å². The van der Waals surface area contributed by atoms with Crippen LogP contribution >= 0.6 is 0 Å². The van der Waals surface area contributed by atoms with Crippen molar-refractivity contribution >= 4 is 23.3 Å². The summed E-state index contributed by atoms with van der Waals surface area (Å²) >= 11 is 0. The van der Waals surface area contributed by atoms with Crippen molar-refractivity contribution in [3.63, 3.8) is 0 Å². The molecule has 2 aromatic carbocycles. The van der Waals surface area contributed by atoms with Gasteiger partial charge in [0.05, 0.1) is 12.7 Å². The smallest absolute Gasteiger partial charge is 0.337 e. The number of nitrogens with zero attached hydrogens (tertiary/aromatic N) is 1. The first-order valence-corrected chi connectivity index (χ1v) is 7.46. The van der Waals surface area contributed by atoms with E-state index in [0.29, 0.717) is 16.9 Å². The van der Waals surface area contributed by atoms with Crippen LogP contribution in [0.5, 0.6) is 0 Å². The van der Waals surface area contributed by atoms with Crippen molar-refractivity contribution in [3.8, 4) is 6.07 Å². The number of hydrogen-bond acceptors (Lipinski definition) is 5. The highest BCUT2D eigenvalue weighted by Crippen LogP contribution is 2.13. The van der Waals surface area contributed by atoms with E-state index in [9.17, 15) is 14.9 Å². The molecule has 0 aliphatic rings. The highest BCUT2D eigenvalue weighted by atomic mass is 16.5. The normalized spacial score (nSPS) is 10.5. The average molecular weight is 335 g/mol. The van der Waals surface area contributed by atoms with Crippen molar-refractivity contribution in [3.05, 3.63) is 71.4 Å². The molecule has 0 aliphatic heterocycles. The highest BCUT2D eigenvalue weighted by molar-refractivity contribution is 6.06. The number of benzene rings is 2. The van der Waals surface area contributed by atoms with Gasteiger partial charge in [-0.1, -0.05) is 12.1 Å². The molecular formula is C19H17N3O3. The molecule has 0 radical (unpaired) electrons. The van der Waals surface area contributed by atoms with Crippen molar-refractivity contribution in [1.82, 2.24) is 0 Å². The van der Waals surface area contributed by atoms with Gasteiger partial charge in [-0.25, -0.2) is 4.79 Å². The maximum absolute atomic E-state index is 12.2. The van der Waals surface area contributed by atoms with E-state index in [0.717, 1.165) is 5.56 Å². The lowest BCUT2D eigenvalue weighted by molar-refractivity contribution is -0.112. The molecule has 126 valence electrons. The van der Waals surface area contributed by atoms with E-state index in [2.05, 4.69) is 15.4 Å². The monoisotopic (exact) mass is 335 g/mol. The van der Waals surface area contributed by atoms with Crippen LogP contribution in [0.2, 0.25) is 0 Å². The number of hydrogen-bond donors (Lipinski definition) is 2. The third-order valence-electron chi connectivity index (χ3n) is 3.33. The van der Waals surface area contributed by atoms with E-state index in [-0.39, 0.29) is 5.57 Å². The van der Waals surface area contributed by atoms with Crippen LogP contribution in [0.1, 0.15) is 15.9 Å². The van der Waals surface area contributed by atoms with E-state index in [4.69, 9.17) is 0 Å². The summed E-state index contributed by atoms with van der Waals surface area (Å²) in [6.07, 6.45) is 1.32. The summed E-state index contributed by atoms with van der Waals surface area (Å²) < 4.78 is 4.62. The quantitative estimate of drug-likeness (QED) is 0.497. The Morgan fingerprint density at radius 3 is 2.44 bits per heavy atom. The van der Waals surface area contributed by atoms with Gasteiger partial charge in [-0.3, -0.25) is 4.79 Å². The molecule has 6 heteroatoms. The van der Waals surface area contributed by atoms with E-state index in [1.54, 1.807) is 30.3 Å². The SMILES string of the molecule is COC(=O)c1ccc(NC=C(C#N)C(=O)Nc2cccc(C)c2)cc1. The lowest BCUT2D eigenvalue weighted by Gasteiger charge is -2.06. The minimum absolute atomic E-state index is 0.0708. The molecule has 0 spiro atoms. The number of aryl methyl sites for hydroxylation is 1. The largest absolute Gasteiger partial charge is 0.465 e. The maximum atomic E-state index is 12.2. The van der Waals surface area contributed by atoms with Crippen LogP contribution in [0.3, 0.4) is 0 Å². The van der Waals surface area contributed by atoms with Crippen molar-refractivity contribution in [1.29, 1.82) is 5.26 Å². The van der Waals surface area contributed by atoms with Crippen LogP contribution in [0.25, 0.3) is 0 Å². The summed E-state index contributed by atoms with van der Waals surface area (Å²) in [4.78, 5) is 23.5. The highest BCUT2D eigenvalue weighted by Gasteiger charge is 2.09. The molecule has 2 N–H and O–H groups in total. The first kappa shape index (κ1) is 17.8. The van der Waals surface area contributed by atoms with Crippen LogP contribution in [-0.4, -0.2) is 19.0 Å². The fraction of sp³-hybridized carbons (Fsp3) is 0.105. The first-order chi connectivity index (χ1) is 12.0. The van der Waals surface area contributed by atoms with E-state index in [1.165, 1.54) is 13.3 Å². The van der Waals surface area contributed by atoms with Crippen molar-refractivity contribution < 1.29 is 14.3 Å². The number of nitrogens with one attached hydrogen (secondary N) is 2. The Morgan fingerprint density at radius 1 is 1.12 bits per heavy atom. The second-order valence-electron chi connectivity index (χ2n) is 5.21. The summed E-state index contributed by atoms with van der Waals surface area (Å²) in [5.74, 6) is -0.941. The minimum Gasteiger partial charge on any atom is -0.465 e. The molecule has 0 unspecified atom stereocenters. The topological polar surface area (TPSA) is 91.2 Å². The van der Waals surface area contributed by atoms with Gasteiger partial charge in [0.15, 0.2) is 0 Å². The summed E-state index contributed by atoms with van der Waals surface area (Å²) in [6, 6.07) is 15.6. The predicted molar refractivity (Wildman–Crippen MR) is 94.9 cm³/mol. The molecule has 6 nitrogen and oxygen atoms in total. The number of rotatable bonds is 5. The van der Waals surface area contributed by atoms with Crippen molar-refractivity contribution in [2.75, 3.05) is 17.7 Å². The van der Waals surface area contributed by atoms with Gasteiger partial charge in [0, 0.05) is 17.6 Å². The first-order valence-electron chi connectivity index (χ1n) is 7.46. The number of nitriles is 1. The lowest BCUT2D eigenvalue weighted by atomic mass is 10.2. The molecule has 0 saturated heterocycles. The minimum atomic E-state index is -0.508. The molecule has 25 heavy (non-hydrogen) atoms. The molecule has 0 aliphatic carbocycles. The van der Waals surface area contributed by atoms with Crippen LogP contribution < -0.4 is 10.6 Å². The standard InChI is InChI=1S/C19H17N3O3/c1-13-4-3-5-17(10-13)22-18(23)15(11-20)12-21-16-8-6-14(7-9-16)19(24)25-2/h3-10,12,21H,1-2H3,(H,22,23). The Morgan fingerprint density at radius 2 is 1.84 bits per heavy atom. The summed E-state index contributed by atoms with van der Waals surface area (Å²) in [5, 5.41) is 14.7. The van der Waals surface area contributed by atoms with Gasteiger partial charge in [-0.2, -0.15) is 5.26 Å². The predicted octanol–water partition coefficient (Wildman–Crippen LogP) is 3.24. The molecule has 0 atom stereocenters. The zero-order valence-corrected chi connectivity index (χ0v) is 13.9. The van der Waals surface area contributed by atoms with Crippen molar-refractivity contribution in [2.45, 2.75) is 6.92 Å². The molecule has 2 aromatic rings. The van der Waals surface area contributed by atoms with E-state index >= 15 is 0 Å². The van der Waals surface area contributed by atoms with Crippen LogP contribution in [0, 0.1) is 18.3 Å². The van der Waals surface area contributed by atoms with Crippen LogP contribution in [0.4, 0.5) is 11.4 Å². The zero-order valence-electron chi connectivity index (χ0n) is 13.9. The Hall–Kier alpha value is -3.59. The van der Waals surface area contributed by atoms with Gasteiger partial charge in [0.25, 0.3) is 5.91 Å². The number of methoxy groups -OCH3 is 1. The maximum Gasteiger partial charge on any atom is 0.337 e. The Labute approximate surface area is 145 Å². The second kappa shape index (κ2) is 8.31. The Kier molecular flexibility index (Phi) is 5.91. The van der Waals surface area contributed by atoms with Crippen molar-refractivity contribution in [2.24, 2.45) is 0 Å². The summed E-state index contributed by atoms with van der Waals surface area (Å²) in [5.41, 5.74) is 2.59. The summed E-state index contributed by atoms with van der Waals surface area (Å²) in [7, 11) is 1.31. The fourth-order valence-corrected chi connectivity index (χ4v) is 2.05. The Balaban J connectivity index is 2.05. The van der Waals surface area contributed by atoms with Crippen LogP contribution in [-0.2, 0) is 9.53 Å². The zero-order chi connectivity index (χ0) is 18.2. The molecular weight excluding hydrogens is 318 g/mol. The molecule has 2 rings (SSSR count). The fourth-order valence-electron chi connectivity index (χ4n) is 2.05. The lowest BCUT2D eigenvalue weighted by Crippen LogP contribution is -2.14. The second-order valence-corrected chi connectivity index (χ2v) is 5.21. The molecule has 0 bridgehead atoms. The van der Waals surface area contributed by atoms with Gasteiger partial charge in [-0.15, -0.1) is 0 Å². The number of carbonyl (C=O) groups excluding carboxylic acids is 2. The summed E-state index contributed by atoms with van der Waals surface area (Å²) in [6.45, 7) is 1.91. The van der Waals surface area contributed by atoms with Gasteiger partial charge in [-0.05, 0) is 48.9 Å². The van der Waals surface area contributed by atoms with E-state index < -0.39 is 11.9 Å². The third-order valence-corrected chi connectivity index (χ3v) is 3.33. The number of carbonyl (C=O) groups is 2. The number of esters is 1. The number of amides is 1. The van der Waals surface area contributed by atoms with Gasteiger partial charge in [0.1, 0.15) is 11.6 Å². The Bertz CT molecular complexity index is 849. The van der Waals surface area contributed by atoms with Gasteiger partial charge >= 0.3 is 5.97 Å².